The molecule has 1 aromatic heterocycles. The monoisotopic (exact) mass is 724 g/mol. The van der Waals surface area contributed by atoms with Crippen molar-refractivity contribution in [2.45, 2.75) is 51.5 Å². The molecule has 0 saturated heterocycles. The Labute approximate surface area is 330 Å². The summed E-state index contributed by atoms with van der Waals surface area (Å²) in [6, 6.07) is 57.1. The molecule has 0 radical (unpaired) electrons. The average molecular weight is 725 g/mol. The molecule has 0 amide bonds. The second kappa shape index (κ2) is 15.2. The summed E-state index contributed by atoms with van der Waals surface area (Å²) in [4.78, 5) is 15.0. The van der Waals surface area contributed by atoms with Gasteiger partial charge < -0.3 is 0 Å². The number of aromatic nitrogens is 1. The Morgan fingerprint density at radius 1 is 0.607 bits per heavy atom. The van der Waals surface area contributed by atoms with Gasteiger partial charge in [-0.1, -0.05) is 155 Å². The Kier molecular flexibility index (Phi) is 9.85. The third-order valence-electron chi connectivity index (χ3n) is 10.9. The first-order chi connectivity index (χ1) is 27.2. The van der Waals surface area contributed by atoms with Gasteiger partial charge in [0.15, 0.2) is 5.84 Å². The van der Waals surface area contributed by atoms with Crippen LogP contribution < -0.4 is 0 Å². The molecule has 0 spiro atoms. The molecule has 0 N–H and O–H groups in total. The van der Waals surface area contributed by atoms with Crippen LogP contribution in [0.5, 0.6) is 0 Å². The molecule has 4 heteroatoms. The summed E-state index contributed by atoms with van der Waals surface area (Å²) in [6.07, 6.45) is 4.73. The van der Waals surface area contributed by atoms with E-state index in [0.29, 0.717) is 29.2 Å². The van der Waals surface area contributed by atoms with E-state index in [1.807, 2.05) is 48.7 Å². The first-order valence-electron chi connectivity index (χ1n) is 19.2. The third-order valence-corrected chi connectivity index (χ3v) is 10.9. The number of hydrogen-bond acceptors (Lipinski definition) is 3. The van der Waals surface area contributed by atoms with E-state index in [0.717, 1.165) is 45.4 Å². The fourth-order valence-electron chi connectivity index (χ4n) is 8.34. The molecular weight excluding hydrogens is 681 g/mol. The Bertz CT molecular complexity index is 2640. The minimum atomic E-state index is 0.0376. The molecule has 0 unspecified atom stereocenters. The van der Waals surface area contributed by atoms with Crippen molar-refractivity contribution in [3.05, 3.63) is 197 Å². The molecule has 0 bridgehead atoms. The number of aliphatic imine (C=N–C) groups is 2. The van der Waals surface area contributed by atoms with Crippen LogP contribution in [0, 0.1) is 11.3 Å². The van der Waals surface area contributed by atoms with E-state index < -0.39 is 0 Å². The van der Waals surface area contributed by atoms with Gasteiger partial charge in [0.05, 0.1) is 17.8 Å². The van der Waals surface area contributed by atoms with Crippen molar-refractivity contribution in [2.75, 3.05) is 0 Å². The first kappa shape index (κ1) is 36.3. The highest BCUT2D eigenvalue weighted by Crippen LogP contribution is 2.50. The molecule has 0 saturated carbocycles. The number of nitriles is 1. The normalized spacial score (nSPS) is 14.4. The summed E-state index contributed by atoms with van der Waals surface area (Å²) >= 11 is 0. The van der Waals surface area contributed by atoms with Crippen molar-refractivity contribution < 1.29 is 0 Å². The standard InChI is InChI=1S/C52H44N4/c1-51(2)35-52(3,4)48-30-44(24-25-47(48)51)49-45(31-53)29-46(34-54-49)50(55-32-36-14-11-20-40(26-36)38-16-7-5-8-17-38)56-33-37-15-12-21-41(27-37)43-23-13-22-42(28-43)39-18-9-6-10-19-39/h5-30,32,34H,33,35H2,1-4H3. The Morgan fingerprint density at radius 2 is 1.20 bits per heavy atom. The number of hydrogen-bond donors (Lipinski definition) is 0. The van der Waals surface area contributed by atoms with E-state index in [-0.39, 0.29) is 10.8 Å². The fourth-order valence-corrected chi connectivity index (χ4v) is 8.34. The Balaban J connectivity index is 1.15. The van der Waals surface area contributed by atoms with Crippen molar-refractivity contribution in [3.63, 3.8) is 0 Å². The topological polar surface area (TPSA) is 61.4 Å². The highest BCUT2D eigenvalue weighted by atomic mass is 14.9. The minimum Gasteiger partial charge on any atom is -0.261 e. The molecule has 1 aliphatic carbocycles. The van der Waals surface area contributed by atoms with E-state index in [1.165, 1.54) is 22.3 Å². The summed E-state index contributed by atoms with van der Waals surface area (Å²) in [5.74, 6) is 0.513. The number of nitrogens with zero attached hydrogens (tertiary/aromatic N) is 4. The molecule has 0 aliphatic heterocycles. The quantitative estimate of drug-likeness (QED) is 0.116. The molecule has 56 heavy (non-hydrogen) atoms. The smallest absolute Gasteiger partial charge is 0.156 e. The number of fused-ring (bicyclic) bond motifs is 1. The van der Waals surface area contributed by atoms with Crippen molar-refractivity contribution in [1.29, 1.82) is 5.26 Å². The number of pyridine rings is 1. The first-order valence-corrected chi connectivity index (χ1v) is 19.2. The van der Waals surface area contributed by atoms with Gasteiger partial charge in [-0.15, -0.1) is 0 Å². The van der Waals surface area contributed by atoms with Gasteiger partial charge in [-0.25, -0.2) is 4.99 Å². The Hall–Kier alpha value is -6.70. The summed E-state index contributed by atoms with van der Waals surface area (Å²) in [5, 5.41) is 10.5. The minimum absolute atomic E-state index is 0.0376. The second-order valence-electron chi connectivity index (χ2n) is 16.0. The molecule has 1 aliphatic rings. The van der Waals surface area contributed by atoms with Gasteiger partial charge in [0.25, 0.3) is 0 Å². The zero-order valence-electron chi connectivity index (χ0n) is 32.4. The van der Waals surface area contributed by atoms with E-state index in [1.54, 1.807) is 6.20 Å². The zero-order chi connectivity index (χ0) is 38.7. The SMILES string of the molecule is CC1(C)CC(C)(C)c2cc(-c3ncc(C(N=Cc4cccc(-c5ccccc5)c4)=NCc4cccc(-c5cccc(-c6ccccc6)c5)c4)cc3C#N)ccc21. The van der Waals surface area contributed by atoms with E-state index >= 15 is 0 Å². The molecule has 0 fully saturated rings. The van der Waals surface area contributed by atoms with Gasteiger partial charge in [0.1, 0.15) is 6.07 Å². The van der Waals surface area contributed by atoms with Crippen LogP contribution in [0.15, 0.2) is 174 Å². The molecule has 0 atom stereocenters. The van der Waals surface area contributed by atoms with Crippen LogP contribution in [0.3, 0.4) is 0 Å². The second-order valence-corrected chi connectivity index (χ2v) is 16.0. The Morgan fingerprint density at radius 3 is 1.89 bits per heavy atom. The lowest BCUT2D eigenvalue weighted by Gasteiger charge is -2.22. The lowest BCUT2D eigenvalue weighted by Crippen LogP contribution is -2.17. The number of benzene rings is 6. The van der Waals surface area contributed by atoms with Gasteiger partial charge in [0.2, 0.25) is 0 Å². The predicted octanol–water partition coefficient (Wildman–Crippen LogP) is 12.6. The molecule has 6 aromatic carbocycles. The van der Waals surface area contributed by atoms with Gasteiger partial charge >= 0.3 is 0 Å². The fraction of sp³-hybridized carbons (Fsp3) is 0.154. The van der Waals surface area contributed by atoms with E-state index in [9.17, 15) is 5.26 Å². The maximum absolute atomic E-state index is 10.5. The summed E-state index contributed by atoms with van der Waals surface area (Å²) in [5.41, 5.74) is 14.5. The molecular formula is C52H44N4. The van der Waals surface area contributed by atoms with Crippen LogP contribution >= 0.6 is 0 Å². The van der Waals surface area contributed by atoms with Crippen molar-refractivity contribution in [2.24, 2.45) is 9.98 Å². The van der Waals surface area contributed by atoms with Crippen LogP contribution in [0.25, 0.3) is 44.6 Å². The van der Waals surface area contributed by atoms with Crippen molar-refractivity contribution >= 4 is 12.1 Å². The number of rotatable bonds is 8. The van der Waals surface area contributed by atoms with Crippen LogP contribution in [0.2, 0.25) is 0 Å². The maximum Gasteiger partial charge on any atom is 0.156 e. The summed E-state index contributed by atoms with van der Waals surface area (Å²) < 4.78 is 0. The molecule has 272 valence electrons. The summed E-state index contributed by atoms with van der Waals surface area (Å²) in [7, 11) is 0. The lowest BCUT2D eigenvalue weighted by molar-refractivity contribution is 0.403. The average Bonchev–Trinajstić information content (AvgIpc) is 3.43. The van der Waals surface area contributed by atoms with Crippen LogP contribution in [-0.2, 0) is 17.4 Å². The van der Waals surface area contributed by atoms with Crippen molar-refractivity contribution in [1.82, 2.24) is 4.98 Å². The predicted molar refractivity (Wildman–Crippen MR) is 232 cm³/mol. The summed E-state index contributed by atoms with van der Waals surface area (Å²) in [6.45, 7) is 9.64. The maximum atomic E-state index is 10.5. The van der Waals surface area contributed by atoms with Crippen LogP contribution in [0.4, 0.5) is 0 Å². The van der Waals surface area contributed by atoms with Gasteiger partial charge in [-0.2, -0.15) is 5.26 Å². The van der Waals surface area contributed by atoms with Gasteiger partial charge in [-0.3, -0.25) is 9.98 Å². The van der Waals surface area contributed by atoms with Gasteiger partial charge in [0, 0.05) is 23.5 Å². The lowest BCUT2D eigenvalue weighted by atomic mass is 9.82. The third kappa shape index (κ3) is 7.63. The van der Waals surface area contributed by atoms with Crippen LogP contribution in [0.1, 0.15) is 67.5 Å². The van der Waals surface area contributed by atoms with E-state index in [4.69, 9.17) is 15.0 Å². The van der Waals surface area contributed by atoms with Crippen LogP contribution in [-0.4, -0.2) is 17.0 Å². The number of amidine groups is 1. The molecule has 7 aromatic rings. The van der Waals surface area contributed by atoms with E-state index in [2.05, 4.69) is 149 Å². The zero-order valence-corrected chi connectivity index (χ0v) is 32.4. The highest BCUT2D eigenvalue weighted by molar-refractivity contribution is 6.05. The molecule has 4 nitrogen and oxygen atoms in total. The van der Waals surface area contributed by atoms with Gasteiger partial charge in [-0.05, 0) is 103 Å². The molecule has 8 rings (SSSR count). The van der Waals surface area contributed by atoms with Crippen molar-refractivity contribution in [3.8, 4) is 50.7 Å². The largest absolute Gasteiger partial charge is 0.261 e. The highest BCUT2D eigenvalue weighted by Gasteiger charge is 2.41. The molecule has 1 heterocycles.